The van der Waals surface area contributed by atoms with Gasteiger partial charge in [-0.1, -0.05) is 5.11 Å². The lowest BCUT2D eigenvalue weighted by Gasteiger charge is -2.17. The van der Waals surface area contributed by atoms with Crippen molar-refractivity contribution in [1.29, 1.82) is 0 Å². The third-order valence-corrected chi connectivity index (χ3v) is 5.19. The molecule has 0 aliphatic heterocycles. The fourth-order valence-electron chi connectivity index (χ4n) is 3.30. The van der Waals surface area contributed by atoms with Crippen LogP contribution in [0.1, 0.15) is 28.9 Å². The van der Waals surface area contributed by atoms with Crippen molar-refractivity contribution in [2.75, 3.05) is 37.4 Å². The zero-order valence-corrected chi connectivity index (χ0v) is 21.2. The summed E-state index contributed by atoms with van der Waals surface area (Å²) >= 11 is 0. The summed E-state index contributed by atoms with van der Waals surface area (Å²) in [5, 5.41) is 21.6. The van der Waals surface area contributed by atoms with Crippen LogP contribution in [0.3, 0.4) is 0 Å². The number of nitrogens with two attached hydrogens (primary N) is 1. The molecule has 0 saturated carbocycles. The second kappa shape index (κ2) is 15.2. The number of hydrogen-bond acceptors (Lipinski definition) is 13. The van der Waals surface area contributed by atoms with Gasteiger partial charge in [-0.05, 0) is 29.8 Å². The summed E-state index contributed by atoms with van der Waals surface area (Å²) in [4.78, 5) is 54.1. The Balaban J connectivity index is 1.45. The second-order valence-corrected chi connectivity index (χ2v) is 8.02. The van der Waals surface area contributed by atoms with Crippen LogP contribution in [0.2, 0.25) is 0 Å². The fourth-order valence-corrected chi connectivity index (χ4v) is 3.30. The Kier molecular flexibility index (Phi) is 11.1. The standard InChI is InChI=1S/C23H27N11O6/c24-23-32-20-19(22(38)33-23)30-16(12-28-20)11-27-15-3-1-14(2-4-15)21(37)31-18(40-13-35)6-5-17(36)26-7-9-39-10-8-29-34-25/h1-4,12-13,18,27H,5-11H2,(H,26,36)(H,31,37)(H3,24,28,32,33,38)/t18-/m1/s1. The van der Waals surface area contributed by atoms with Crippen LogP contribution in [0, 0.1) is 0 Å². The topological polar surface area (TPSA) is 252 Å². The molecule has 0 bridgehead atoms. The summed E-state index contributed by atoms with van der Waals surface area (Å²) in [5.41, 5.74) is 15.5. The van der Waals surface area contributed by atoms with Crippen molar-refractivity contribution in [3.05, 3.63) is 52.2 Å². The number of amides is 2. The van der Waals surface area contributed by atoms with Gasteiger partial charge in [0.15, 0.2) is 17.4 Å². The number of benzene rings is 1. The van der Waals surface area contributed by atoms with Gasteiger partial charge in [0.1, 0.15) is 0 Å². The van der Waals surface area contributed by atoms with Gasteiger partial charge in [0.25, 0.3) is 12.4 Å². The van der Waals surface area contributed by atoms with E-state index in [-0.39, 0.29) is 81.1 Å². The first kappa shape index (κ1) is 29.3. The molecule has 2 amide bonds. The minimum absolute atomic E-state index is 0.00464. The summed E-state index contributed by atoms with van der Waals surface area (Å²) in [6.07, 6.45) is 0.540. The zero-order valence-electron chi connectivity index (χ0n) is 21.2. The van der Waals surface area contributed by atoms with Crippen LogP contribution < -0.4 is 21.7 Å². The first-order valence-electron chi connectivity index (χ1n) is 12.0. The Morgan fingerprint density at radius 3 is 2.75 bits per heavy atom. The van der Waals surface area contributed by atoms with E-state index >= 15 is 0 Å². The number of carbonyl (C=O) groups excluding carboxylic acids is 3. The quantitative estimate of drug-likeness (QED) is 0.0412. The number of nitrogens with one attached hydrogen (secondary N) is 3. The molecule has 2 aromatic heterocycles. The van der Waals surface area contributed by atoms with E-state index < -0.39 is 12.1 Å². The van der Waals surface area contributed by atoms with Crippen molar-refractivity contribution in [2.45, 2.75) is 25.6 Å². The van der Waals surface area contributed by atoms with Crippen LogP contribution >= 0.6 is 0 Å². The molecule has 2 heterocycles. The molecule has 3 rings (SSSR count). The number of azide groups is 1. The first-order chi connectivity index (χ1) is 19.4. The molecule has 0 spiro atoms. The van der Waals surface area contributed by atoms with E-state index in [4.69, 9.17) is 20.7 Å². The predicted octanol–water partition coefficient (Wildman–Crippen LogP) is 0.772. The lowest BCUT2D eigenvalue weighted by Crippen LogP contribution is -2.38. The van der Waals surface area contributed by atoms with Gasteiger partial charge >= 0.3 is 0 Å². The summed E-state index contributed by atoms with van der Waals surface area (Å²) < 4.78 is 10.1. The number of hydrogen-bond donors (Lipinski definition) is 5. The van der Waals surface area contributed by atoms with Gasteiger partial charge in [-0.15, -0.1) is 0 Å². The van der Waals surface area contributed by atoms with Crippen LogP contribution in [-0.4, -0.2) is 75.9 Å². The van der Waals surface area contributed by atoms with Crippen LogP contribution in [0.5, 0.6) is 5.88 Å². The maximum atomic E-state index is 12.6. The summed E-state index contributed by atoms with van der Waals surface area (Å²) in [6, 6.07) is 6.47. The van der Waals surface area contributed by atoms with Crippen molar-refractivity contribution >= 4 is 41.1 Å². The van der Waals surface area contributed by atoms with Gasteiger partial charge < -0.3 is 36.3 Å². The van der Waals surface area contributed by atoms with Crippen LogP contribution in [0.4, 0.5) is 11.6 Å². The van der Waals surface area contributed by atoms with Crippen molar-refractivity contribution in [2.24, 2.45) is 5.11 Å². The van der Waals surface area contributed by atoms with Crippen molar-refractivity contribution in [3.63, 3.8) is 0 Å². The largest absolute Gasteiger partial charge is 0.492 e. The van der Waals surface area contributed by atoms with E-state index in [1.54, 1.807) is 24.3 Å². The number of nitrogens with zero attached hydrogens (tertiary/aromatic N) is 7. The number of nitrogen functional groups attached to an aromatic ring is 1. The minimum Gasteiger partial charge on any atom is -0.492 e. The average Bonchev–Trinajstić information content (AvgIpc) is 2.94. The predicted molar refractivity (Wildman–Crippen MR) is 140 cm³/mol. The number of fused-ring (bicyclic) bond motifs is 1. The molecule has 40 heavy (non-hydrogen) atoms. The highest BCUT2D eigenvalue weighted by molar-refractivity contribution is 5.94. The summed E-state index contributed by atoms with van der Waals surface area (Å²) in [7, 11) is 0. The van der Waals surface area contributed by atoms with Gasteiger partial charge in [0, 0.05) is 42.1 Å². The van der Waals surface area contributed by atoms with E-state index in [9.17, 15) is 19.5 Å². The highest BCUT2D eigenvalue weighted by Crippen LogP contribution is 2.19. The molecule has 0 saturated heterocycles. The average molecular weight is 554 g/mol. The molecule has 1 atom stereocenters. The number of anilines is 2. The number of carbonyl (C=O) groups is 3. The van der Waals surface area contributed by atoms with Gasteiger partial charge in [0.05, 0.1) is 31.6 Å². The second-order valence-electron chi connectivity index (χ2n) is 8.02. The maximum Gasteiger partial charge on any atom is 0.295 e. The van der Waals surface area contributed by atoms with Gasteiger partial charge in [0.2, 0.25) is 17.7 Å². The van der Waals surface area contributed by atoms with E-state index in [0.29, 0.717) is 16.9 Å². The molecule has 0 radical (unpaired) electrons. The molecule has 1 aromatic carbocycles. The Morgan fingerprint density at radius 2 is 2.00 bits per heavy atom. The van der Waals surface area contributed by atoms with Crippen molar-refractivity contribution < 1.29 is 29.0 Å². The molecular weight excluding hydrogens is 526 g/mol. The molecular formula is C23H27N11O6. The smallest absolute Gasteiger partial charge is 0.295 e. The molecule has 3 aromatic rings. The molecule has 0 aliphatic carbocycles. The van der Waals surface area contributed by atoms with E-state index in [1.165, 1.54) is 6.20 Å². The number of rotatable bonds is 16. The number of ether oxygens (including phenoxy) is 2. The zero-order chi connectivity index (χ0) is 28.7. The van der Waals surface area contributed by atoms with E-state index in [2.05, 4.69) is 45.9 Å². The van der Waals surface area contributed by atoms with Crippen molar-refractivity contribution in [3.8, 4) is 5.88 Å². The SMILES string of the molecule is [N-]=[N+]=NCCOCCNC(=O)CC[C@H](NC(=O)c1ccc(NCc2cnc3nc(N)nc(O)c3n2)cc1)OC=O. The molecule has 0 fully saturated rings. The van der Waals surface area contributed by atoms with Gasteiger partial charge in [-0.2, -0.15) is 9.97 Å². The van der Waals surface area contributed by atoms with Crippen molar-refractivity contribution in [1.82, 2.24) is 30.6 Å². The highest BCUT2D eigenvalue weighted by atomic mass is 16.5. The molecule has 0 unspecified atom stereocenters. The third kappa shape index (κ3) is 9.23. The Bertz CT molecular complexity index is 1370. The van der Waals surface area contributed by atoms with Crippen LogP contribution in [-0.2, 0) is 25.6 Å². The molecule has 17 heteroatoms. The molecule has 17 nitrogen and oxygen atoms in total. The van der Waals surface area contributed by atoms with Crippen LogP contribution in [0.25, 0.3) is 21.6 Å². The fraction of sp³-hybridized carbons (Fsp3) is 0.348. The highest BCUT2D eigenvalue weighted by Gasteiger charge is 2.16. The van der Waals surface area contributed by atoms with E-state index in [1.807, 2.05) is 0 Å². The van der Waals surface area contributed by atoms with Gasteiger partial charge in [-0.3, -0.25) is 14.4 Å². The lowest BCUT2D eigenvalue weighted by atomic mass is 10.2. The van der Waals surface area contributed by atoms with Crippen LogP contribution in [0.15, 0.2) is 35.6 Å². The monoisotopic (exact) mass is 553 g/mol. The normalized spacial score (nSPS) is 11.2. The first-order valence-corrected chi connectivity index (χ1v) is 12.0. The summed E-state index contributed by atoms with van der Waals surface area (Å²) in [5.74, 6) is -1.29. The Labute approximate surface area is 227 Å². The molecule has 0 aliphatic rings. The number of aromatic nitrogens is 4. The minimum atomic E-state index is -1.00. The Hall–Kier alpha value is -5.28. The third-order valence-electron chi connectivity index (χ3n) is 5.19. The summed E-state index contributed by atoms with van der Waals surface area (Å²) in [6.45, 7) is 1.40. The number of aromatic hydroxyl groups is 1. The Morgan fingerprint density at radius 1 is 1.20 bits per heavy atom. The molecule has 210 valence electrons. The van der Waals surface area contributed by atoms with E-state index in [0.717, 1.165) is 0 Å². The maximum absolute atomic E-state index is 12.6. The lowest BCUT2D eigenvalue weighted by molar-refractivity contribution is -0.136. The van der Waals surface area contributed by atoms with Gasteiger partial charge in [-0.25, -0.2) is 9.97 Å². The molecule has 6 N–H and O–H groups in total.